The van der Waals surface area contributed by atoms with E-state index in [1.807, 2.05) is 61.6 Å². The predicted molar refractivity (Wildman–Crippen MR) is 109 cm³/mol. The number of nitrogens with zero attached hydrogens (tertiary/aromatic N) is 3. The van der Waals surface area contributed by atoms with Crippen LogP contribution in [0.2, 0.25) is 0 Å². The van der Waals surface area contributed by atoms with Crippen LogP contribution >= 0.6 is 11.3 Å². The van der Waals surface area contributed by atoms with Crippen molar-refractivity contribution >= 4 is 44.7 Å². The number of hydrogen-bond donors (Lipinski definition) is 2. The summed E-state index contributed by atoms with van der Waals surface area (Å²) in [4.78, 5) is 30.1. The maximum Gasteiger partial charge on any atom is 0.240 e. The van der Waals surface area contributed by atoms with Crippen molar-refractivity contribution in [2.75, 3.05) is 25.0 Å². The Balaban J connectivity index is 1.65. The predicted octanol–water partition coefficient (Wildman–Crippen LogP) is 2.36. The van der Waals surface area contributed by atoms with Gasteiger partial charge in [0.2, 0.25) is 11.8 Å². The molecule has 2 amide bonds. The van der Waals surface area contributed by atoms with Gasteiger partial charge >= 0.3 is 0 Å². The zero-order chi connectivity index (χ0) is 19.9. The maximum atomic E-state index is 12.0. The number of anilines is 2. The SMILES string of the molecule is CN(c1ccccc1)c1ccc2sc(CC(=O)NCC(=O)NCC#N)nc2c1. The molecule has 0 fully saturated rings. The number of benzene rings is 2. The molecule has 0 aliphatic rings. The lowest BCUT2D eigenvalue weighted by atomic mass is 10.2. The molecule has 142 valence electrons. The van der Waals surface area contributed by atoms with Gasteiger partial charge < -0.3 is 15.5 Å². The quantitative estimate of drug-likeness (QED) is 0.601. The van der Waals surface area contributed by atoms with Crippen LogP contribution in [-0.4, -0.2) is 36.9 Å². The van der Waals surface area contributed by atoms with Crippen LogP contribution < -0.4 is 15.5 Å². The van der Waals surface area contributed by atoms with Crippen LogP contribution in [0.3, 0.4) is 0 Å². The lowest BCUT2D eigenvalue weighted by molar-refractivity contribution is -0.125. The summed E-state index contributed by atoms with van der Waals surface area (Å²) in [6, 6.07) is 17.9. The van der Waals surface area contributed by atoms with E-state index in [1.54, 1.807) is 0 Å². The number of hydrogen-bond acceptors (Lipinski definition) is 6. The summed E-state index contributed by atoms with van der Waals surface area (Å²) in [5, 5.41) is 14.0. The van der Waals surface area contributed by atoms with E-state index in [4.69, 9.17) is 5.26 Å². The molecular weight excluding hydrogens is 374 g/mol. The van der Waals surface area contributed by atoms with Gasteiger partial charge in [-0.15, -0.1) is 11.3 Å². The fourth-order valence-corrected chi connectivity index (χ4v) is 3.57. The van der Waals surface area contributed by atoms with Crippen LogP contribution in [-0.2, 0) is 16.0 Å². The summed E-state index contributed by atoms with van der Waals surface area (Å²) in [6.45, 7) is -0.232. The number of nitrogens with one attached hydrogen (secondary N) is 2. The molecule has 1 heterocycles. The maximum absolute atomic E-state index is 12.0. The molecule has 28 heavy (non-hydrogen) atoms. The standard InChI is InChI=1S/C20H19N5O2S/c1-25(14-5-3-2-4-6-14)15-7-8-17-16(11-15)24-20(28-17)12-18(26)23-13-19(27)22-10-9-21/h2-8,11H,10,12-13H2,1H3,(H,22,27)(H,23,26). The smallest absolute Gasteiger partial charge is 0.240 e. The van der Waals surface area contributed by atoms with Gasteiger partial charge in [0.05, 0.1) is 29.3 Å². The van der Waals surface area contributed by atoms with Gasteiger partial charge in [-0.1, -0.05) is 18.2 Å². The third-order valence-corrected chi connectivity index (χ3v) is 5.11. The Morgan fingerprint density at radius 1 is 1.11 bits per heavy atom. The molecular formula is C20H19N5O2S. The van der Waals surface area contributed by atoms with Gasteiger partial charge in [-0.2, -0.15) is 5.26 Å². The fourth-order valence-electron chi connectivity index (χ4n) is 2.63. The van der Waals surface area contributed by atoms with Crippen LogP contribution in [0, 0.1) is 11.3 Å². The first-order valence-corrected chi connectivity index (χ1v) is 9.47. The third-order valence-electron chi connectivity index (χ3n) is 4.07. The number of aromatic nitrogens is 1. The van der Waals surface area contributed by atoms with Gasteiger partial charge in [-0.25, -0.2) is 4.98 Å². The number of rotatable bonds is 7. The Bertz CT molecular complexity index is 1030. The number of carbonyl (C=O) groups is 2. The van der Waals surface area contributed by atoms with E-state index in [2.05, 4.69) is 20.5 Å². The third kappa shape index (κ3) is 4.84. The van der Waals surface area contributed by atoms with Gasteiger partial charge in [-0.05, 0) is 30.3 Å². The number of amides is 2. The molecule has 2 aromatic carbocycles. The molecule has 0 bridgehead atoms. The fraction of sp³-hybridized carbons (Fsp3) is 0.200. The van der Waals surface area contributed by atoms with E-state index < -0.39 is 5.91 Å². The summed E-state index contributed by atoms with van der Waals surface area (Å²) in [5.74, 6) is -0.680. The second-order valence-electron chi connectivity index (χ2n) is 6.04. The van der Waals surface area contributed by atoms with Gasteiger partial charge in [0, 0.05) is 18.4 Å². The molecule has 0 radical (unpaired) electrons. The van der Waals surface area contributed by atoms with Gasteiger partial charge in [0.15, 0.2) is 0 Å². The molecule has 0 unspecified atom stereocenters. The molecule has 3 aromatic rings. The number of fused-ring (bicyclic) bond motifs is 1. The van der Waals surface area contributed by atoms with Crippen molar-refractivity contribution in [2.24, 2.45) is 0 Å². The average molecular weight is 393 g/mol. The Labute approximate surface area is 166 Å². The number of para-hydroxylation sites is 1. The van der Waals surface area contributed by atoms with E-state index in [9.17, 15) is 9.59 Å². The molecule has 2 N–H and O–H groups in total. The largest absolute Gasteiger partial charge is 0.347 e. The van der Waals surface area contributed by atoms with Crippen molar-refractivity contribution in [3.05, 3.63) is 53.5 Å². The molecule has 3 rings (SSSR count). The molecule has 7 nitrogen and oxygen atoms in total. The minimum atomic E-state index is -0.396. The first kappa shape index (κ1) is 19.3. The lowest BCUT2D eigenvalue weighted by Crippen LogP contribution is -2.37. The van der Waals surface area contributed by atoms with Crippen LogP contribution in [0.1, 0.15) is 5.01 Å². The van der Waals surface area contributed by atoms with Gasteiger partial charge in [0.25, 0.3) is 0 Å². The number of nitriles is 1. The summed E-state index contributed by atoms with van der Waals surface area (Å²) in [7, 11) is 1.99. The molecule has 0 saturated heterocycles. The van der Waals surface area contributed by atoms with E-state index >= 15 is 0 Å². The second-order valence-corrected chi connectivity index (χ2v) is 7.16. The zero-order valence-corrected chi connectivity index (χ0v) is 16.1. The van der Waals surface area contributed by atoms with Crippen molar-refractivity contribution in [3.8, 4) is 6.07 Å². The monoisotopic (exact) mass is 393 g/mol. The van der Waals surface area contributed by atoms with E-state index in [0.717, 1.165) is 21.6 Å². The lowest BCUT2D eigenvalue weighted by Gasteiger charge is -2.19. The minimum Gasteiger partial charge on any atom is -0.347 e. The van der Waals surface area contributed by atoms with E-state index in [-0.39, 0.29) is 25.4 Å². The summed E-state index contributed by atoms with van der Waals surface area (Å²) in [6.07, 6.45) is 0.106. The first-order chi connectivity index (χ1) is 13.6. The van der Waals surface area contributed by atoms with E-state index in [0.29, 0.717) is 5.01 Å². The van der Waals surface area contributed by atoms with Crippen molar-refractivity contribution in [1.29, 1.82) is 5.26 Å². The highest BCUT2D eigenvalue weighted by Crippen LogP contribution is 2.29. The van der Waals surface area contributed by atoms with Crippen LogP contribution in [0.4, 0.5) is 11.4 Å². The Kier molecular flexibility index (Phi) is 6.19. The van der Waals surface area contributed by atoms with Crippen molar-refractivity contribution in [3.63, 3.8) is 0 Å². The summed E-state index contributed by atoms with van der Waals surface area (Å²) >= 11 is 1.46. The summed E-state index contributed by atoms with van der Waals surface area (Å²) < 4.78 is 1.000. The van der Waals surface area contributed by atoms with Crippen molar-refractivity contribution in [2.45, 2.75) is 6.42 Å². The Morgan fingerprint density at radius 3 is 2.64 bits per heavy atom. The van der Waals surface area contributed by atoms with Crippen LogP contribution in [0.15, 0.2) is 48.5 Å². The first-order valence-electron chi connectivity index (χ1n) is 8.65. The zero-order valence-electron chi connectivity index (χ0n) is 15.3. The Morgan fingerprint density at radius 2 is 1.89 bits per heavy atom. The topological polar surface area (TPSA) is 98.1 Å². The van der Waals surface area contributed by atoms with Crippen molar-refractivity contribution in [1.82, 2.24) is 15.6 Å². The highest BCUT2D eigenvalue weighted by Gasteiger charge is 2.12. The Hall–Kier alpha value is -3.44. The molecule has 0 aliphatic carbocycles. The second kappa shape index (κ2) is 8.97. The normalized spacial score (nSPS) is 10.3. The molecule has 0 aliphatic heterocycles. The van der Waals surface area contributed by atoms with Gasteiger partial charge in [0.1, 0.15) is 11.6 Å². The van der Waals surface area contributed by atoms with Crippen LogP contribution in [0.25, 0.3) is 10.2 Å². The highest BCUT2D eigenvalue weighted by atomic mass is 32.1. The highest BCUT2D eigenvalue weighted by molar-refractivity contribution is 7.18. The van der Waals surface area contributed by atoms with Crippen LogP contribution in [0.5, 0.6) is 0 Å². The molecule has 1 aromatic heterocycles. The van der Waals surface area contributed by atoms with Gasteiger partial charge in [-0.3, -0.25) is 9.59 Å². The van der Waals surface area contributed by atoms with Crippen molar-refractivity contribution < 1.29 is 9.59 Å². The number of thiazole rings is 1. The van der Waals surface area contributed by atoms with E-state index in [1.165, 1.54) is 11.3 Å². The molecule has 0 spiro atoms. The molecule has 8 heteroatoms. The summed E-state index contributed by atoms with van der Waals surface area (Å²) in [5.41, 5.74) is 2.92. The minimum absolute atomic E-state index is 0.0770. The number of carbonyl (C=O) groups excluding carboxylic acids is 2. The average Bonchev–Trinajstić information content (AvgIpc) is 3.12. The molecule has 0 saturated carbocycles. The molecule has 0 atom stereocenters.